The maximum Gasteiger partial charge on any atom is 0.203 e. The van der Waals surface area contributed by atoms with Crippen LogP contribution in [-0.2, 0) is 6.42 Å². The number of hydrogen-bond donors (Lipinski definition) is 1. The molecule has 0 amide bonds. The molecule has 4 heteroatoms. The van der Waals surface area contributed by atoms with Crippen LogP contribution in [0.1, 0.15) is 5.56 Å². The maximum atomic E-state index is 5.24. The van der Waals surface area contributed by atoms with Gasteiger partial charge in [0.2, 0.25) is 5.75 Å². The first-order valence-corrected chi connectivity index (χ1v) is 5.29. The predicted octanol–water partition coefficient (Wildman–Crippen LogP) is 2.18. The molecule has 0 bridgehead atoms. The molecule has 1 rings (SSSR count). The first-order valence-electron chi connectivity index (χ1n) is 4.66. The molecule has 0 saturated carbocycles. The maximum absolute atomic E-state index is 5.24. The molecule has 0 N–H and O–H groups in total. The summed E-state index contributed by atoms with van der Waals surface area (Å²) in [5.74, 6) is 2.80. The summed E-state index contributed by atoms with van der Waals surface area (Å²) in [5, 5.41) is 0. The Bertz CT molecular complexity index is 301. The quantitative estimate of drug-likeness (QED) is 0.783. The fourth-order valence-corrected chi connectivity index (χ4v) is 1.67. The summed E-state index contributed by atoms with van der Waals surface area (Å²) in [5.41, 5.74) is 1.12. The molecule has 0 aliphatic rings. The lowest BCUT2D eigenvalue weighted by molar-refractivity contribution is 0.324. The van der Waals surface area contributed by atoms with E-state index in [1.807, 2.05) is 12.1 Å². The molecule has 1 aromatic rings. The molecule has 0 spiro atoms. The van der Waals surface area contributed by atoms with Crippen LogP contribution < -0.4 is 14.2 Å². The topological polar surface area (TPSA) is 27.7 Å². The summed E-state index contributed by atoms with van der Waals surface area (Å²) < 4.78 is 15.7. The summed E-state index contributed by atoms with van der Waals surface area (Å²) in [6.45, 7) is 0. The van der Waals surface area contributed by atoms with Gasteiger partial charge in [0.05, 0.1) is 21.3 Å². The molecule has 0 heterocycles. The normalized spacial score (nSPS) is 9.87. The van der Waals surface area contributed by atoms with E-state index in [2.05, 4.69) is 12.6 Å². The highest BCUT2D eigenvalue weighted by molar-refractivity contribution is 7.80. The van der Waals surface area contributed by atoms with Gasteiger partial charge < -0.3 is 14.2 Å². The van der Waals surface area contributed by atoms with Crippen LogP contribution in [0.5, 0.6) is 17.2 Å². The van der Waals surface area contributed by atoms with Gasteiger partial charge in [-0.1, -0.05) is 0 Å². The zero-order valence-corrected chi connectivity index (χ0v) is 10.1. The third kappa shape index (κ3) is 2.72. The van der Waals surface area contributed by atoms with Crippen molar-refractivity contribution in [1.82, 2.24) is 0 Å². The zero-order chi connectivity index (χ0) is 11.3. The van der Waals surface area contributed by atoms with E-state index in [0.717, 1.165) is 17.7 Å². The van der Waals surface area contributed by atoms with Crippen molar-refractivity contribution in [3.63, 3.8) is 0 Å². The number of rotatable bonds is 5. The SMILES string of the molecule is COc1cc(CCS)cc(OC)c1OC. The van der Waals surface area contributed by atoms with Gasteiger partial charge in [-0.3, -0.25) is 0 Å². The van der Waals surface area contributed by atoms with Crippen LogP contribution in [0.4, 0.5) is 0 Å². The van der Waals surface area contributed by atoms with Gasteiger partial charge >= 0.3 is 0 Å². The monoisotopic (exact) mass is 228 g/mol. The van der Waals surface area contributed by atoms with Crippen LogP contribution in [0, 0.1) is 0 Å². The van der Waals surface area contributed by atoms with Crippen LogP contribution in [0.15, 0.2) is 12.1 Å². The third-order valence-electron chi connectivity index (χ3n) is 2.12. The molecule has 15 heavy (non-hydrogen) atoms. The van der Waals surface area contributed by atoms with Crippen LogP contribution in [-0.4, -0.2) is 27.1 Å². The second-order valence-electron chi connectivity index (χ2n) is 3.01. The number of thiol groups is 1. The Morgan fingerprint density at radius 2 is 1.53 bits per heavy atom. The number of methoxy groups -OCH3 is 3. The van der Waals surface area contributed by atoms with E-state index < -0.39 is 0 Å². The standard InChI is InChI=1S/C11H16O3S/c1-12-9-6-8(4-5-15)7-10(13-2)11(9)14-3/h6-7,15H,4-5H2,1-3H3. The van der Waals surface area contributed by atoms with Gasteiger partial charge in [-0.05, 0) is 29.9 Å². The van der Waals surface area contributed by atoms with Crippen LogP contribution in [0.25, 0.3) is 0 Å². The van der Waals surface area contributed by atoms with Crippen molar-refractivity contribution in [3.8, 4) is 17.2 Å². The third-order valence-corrected chi connectivity index (χ3v) is 2.35. The largest absolute Gasteiger partial charge is 0.493 e. The van der Waals surface area contributed by atoms with E-state index in [9.17, 15) is 0 Å². The predicted molar refractivity (Wildman–Crippen MR) is 63.7 cm³/mol. The van der Waals surface area contributed by atoms with Gasteiger partial charge in [0.15, 0.2) is 11.5 Å². The average molecular weight is 228 g/mol. The molecule has 0 atom stereocenters. The van der Waals surface area contributed by atoms with Crippen molar-refractivity contribution in [3.05, 3.63) is 17.7 Å². The van der Waals surface area contributed by atoms with E-state index in [1.165, 1.54) is 0 Å². The van der Waals surface area contributed by atoms with Crippen molar-refractivity contribution >= 4 is 12.6 Å². The molecule has 0 unspecified atom stereocenters. The van der Waals surface area contributed by atoms with E-state index in [0.29, 0.717) is 17.2 Å². The lowest BCUT2D eigenvalue weighted by Gasteiger charge is -2.13. The molecule has 0 radical (unpaired) electrons. The van der Waals surface area contributed by atoms with Gasteiger partial charge in [0.25, 0.3) is 0 Å². The second-order valence-corrected chi connectivity index (χ2v) is 3.45. The number of ether oxygens (including phenoxy) is 3. The highest BCUT2D eigenvalue weighted by atomic mass is 32.1. The highest BCUT2D eigenvalue weighted by Crippen LogP contribution is 2.38. The van der Waals surface area contributed by atoms with E-state index >= 15 is 0 Å². The van der Waals surface area contributed by atoms with E-state index in [-0.39, 0.29) is 0 Å². The van der Waals surface area contributed by atoms with Gasteiger partial charge in [-0.15, -0.1) is 0 Å². The average Bonchev–Trinajstić information content (AvgIpc) is 2.28. The van der Waals surface area contributed by atoms with Gasteiger partial charge in [-0.25, -0.2) is 0 Å². The Hall–Kier alpha value is -1.03. The Labute approximate surface area is 95.8 Å². The minimum absolute atomic E-state index is 0.628. The Morgan fingerprint density at radius 1 is 1.00 bits per heavy atom. The molecule has 0 saturated heterocycles. The summed E-state index contributed by atoms with van der Waals surface area (Å²) in [6.07, 6.45) is 0.875. The second kappa shape index (κ2) is 5.75. The first-order chi connectivity index (χ1) is 7.26. The number of aryl methyl sites for hydroxylation is 1. The Kier molecular flexibility index (Phi) is 4.62. The number of benzene rings is 1. The van der Waals surface area contributed by atoms with E-state index in [1.54, 1.807) is 21.3 Å². The fourth-order valence-electron chi connectivity index (χ4n) is 1.41. The smallest absolute Gasteiger partial charge is 0.203 e. The molecule has 84 valence electrons. The van der Waals surface area contributed by atoms with Gasteiger partial charge in [0, 0.05) is 0 Å². The molecule has 0 fully saturated rings. The molecule has 1 aromatic carbocycles. The lowest BCUT2D eigenvalue weighted by atomic mass is 10.1. The minimum atomic E-state index is 0.628. The summed E-state index contributed by atoms with van der Waals surface area (Å²) in [7, 11) is 4.82. The van der Waals surface area contributed by atoms with Crippen LogP contribution >= 0.6 is 12.6 Å². The highest BCUT2D eigenvalue weighted by Gasteiger charge is 2.12. The van der Waals surface area contributed by atoms with Crippen molar-refractivity contribution < 1.29 is 14.2 Å². The fraction of sp³-hybridized carbons (Fsp3) is 0.455. The lowest BCUT2D eigenvalue weighted by Crippen LogP contribution is -1.97. The first kappa shape index (κ1) is 12.0. The van der Waals surface area contributed by atoms with Crippen molar-refractivity contribution in [2.45, 2.75) is 6.42 Å². The summed E-state index contributed by atoms with van der Waals surface area (Å²) >= 11 is 4.19. The summed E-state index contributed by atoms with van der Waals surface area (Å²) in [4.78, 5) is 0. The molecule has 0 aliphatic carbocycles. The van der Waals surface area contributed by atoms with Crippen molar-refractivity contribution in [2.24, 2.45) is 0 Å². The van der Waals surface area contributed by atoms with Gasteiger partial charge in [-0.2, -0.15) is 12.6 Å². The molecule has 0 aromatic heterocycles. The number of hydrogen-bond acceptors (Lipinski definition) is 4. The molecular formula is C11H16O3S. The summed E-state index contributed by atoms with van der Waals surface area (Å²) in [6, 6.07) is 3.88. The molecular weight excluding hydrogens is 212 g/mol. The van der Waals surface area contributed by atoms with E-state index in [4.69, 9.17) is 14.2 Å². The Balaban J connectivity index is 3.16. The Morgan fingerprint density at radius 3 is 1.87 bits per heavy atom. The van der Waals surface area contributed by atoms with Crippen molar-refractivity contribution in [2.75, 3.05) is 27.1 Å². The van der Waals surface area contributed by atoms with Crippen molar-refractivity contribution in [1.29, 1.82) is 0 Å². The molecule has 3 nitrogen and oxygen atoms in total. The van der Waals surface area contributed by atoms with Crippen LogP contribution in [0.2, 0.25) is 0 Å². The van der Waals surface area contributed by atoms with Crippen LogP contribution in [0.3, 0.4) is 0 Å². The van der Waals surface area contributed by atoms with Gasteiger partial charge in [0.1, 0.15) is 0 Å². The minimum Gasteiger partial charge on any atom is -0.493 e. The molecule has 0 aliphatic heterocycles. The zero-order valence-electron chi connectivity index (χ0n) is 9.24.